The number of hydrogen-bond acceptors (Lipinski definition) is 5. The van der Waals surface area contributed by atoms with Crippen molar-refractivity contribution in [1.29, 1.82) is 5.26 Å². The monoisotopic (exact) mass is 276 g/mol. The second kappa shape index (κ2) is 5.54. The van der Waals surface area contributed by atoms with E-state index in [9.17, 15) is 4.79 Å². The summed E-state index contributed by atoms with van der Waals surface area (Å²) in [4.78, 5) is 12.3. The van der Waals surface area contributed by atoms with Crippen LogP contribution >= 0.6 is 11.8 Å². The number of rotatable bonds is 5. The second-order valence-electron chi connectivity index (χ2n) is 4.90. The number of carbonyl (C=O) groups is 1. The highest BCUT2D eigenvalue weighted by molar-refractivity contribution is 7.99. The van der Waals surface area contributed by atoms with Gasteiger partial charge in [-0.3, -0.25) is 4.79 Å². The molecular weight excluding hydrogens is 260 g/mol. The number of nitriles is 1. The van der Waals surface area contributed by atoms with E-state index in [0.29, 0.717) is 17.7 Å². The number of thioether (sulfide) groups is 1. The van der Waals surface area contributed by atoms with E-state index >= 15 is 0 Å². The first kappa shape index (κ1) is 13.8. The molecule has 1 aromatic rings. The van der Waals surface area contributed by atoms with Gasteiger partial charge in [0, 0.05) is 16.3 Å². The number of nitrogens with two attached hydrogens (primary N) is 1. The van der Waals surface area contributed by atoms with Gasteiger partial charge >= 0.3 is 5.97 Å². The fraction of sp³-hybridized carbons (Fsp3) is 0.429. The third kappa shape index (κ3) is 3.42. The predicted octanol–water partition coefficient (Wildman–Crippen LogP) is 2.58. The van der Waals surface area contributed by atoms with Gasteiger partial charge in [0.25, 0.3) is 0 Å². The van der Waals surface area contributed by atoms with E-state index in [0.717, 1.165) is 23.5 Å². The summed E-state index contributed by atoms with van der Waals surface area (Å²) in [7, 11) is 1.42. The Kier molecular flexibility index (Phi) is 4.01. The fourth-order valence-corrected chi connectivity index (χ4v) is 3.11. The largest absolute Gasteiger partial charge is 0.469 e. The van der Waals surface area contributed by atoms with Gasteiger partial charge in [0.1, 0.15) is 6.07 Å². The molecule has 0 bridgehead atoms. The SMILES string of the molecule is COC(=O)CC1(CSc2ccc(N)c(C#N)c2)CC1. The Morgan fingerprint density at radius 1 is 1.58 bits per heavy atom. The number of methoxy groups -OCH3 is 1. The molecule has 5 heteroatoms. The number of benzene rings is 1. The van der Waals surface area contributed by atoms with Gasteiger partial charge in [-0.15, -0.1) is 11.8 Å². The molecule has 100 valence electrons. The molecule has 19 heavy (non-hydrogen) atoms. The number of ether oxygens (including phenoxy) is 1. The zero-order valence-electron chi connectivity index (χ0n) is 10.8. The molecule has 1 aliphatic carbocycles. The molecule has 0 saturated heterocycles. The summed E-state index contributed by atoms with van der Waals surface area (Å²) < 4.78 is 4.72. The molecule has 0 heterocycles. The molecule has 0 amide bonds. The van der Waals surface area contributed by atoms with E-state index in [-0.39, 0.29) is 11.4 Å². The molecule has 1 aliphatic rings. The Morgan fingerprint density at radius 3 is 2.89 bits per heavy atom. The van der Waals surface area contributed by atoms with Crippen molar-refractivity contribution in [3.05, 3.63) is 23.8 Å². The van der Waals surface area contributed by atoms with Crippen LogP contribution < -0.4 is 5.73 Å². The van der Waals surface area contributed by atoms with Gasteiger partial charge in [-0.1, -0.05) is 0 Å². The smallest absolute Gasteiger partial charge is 0.306 e. The first-order valence-electron chi connectivity index (χ1n) is 6.08. The molecule has 2 rings (SSSR count). The average Bonchev–Trinajstić information content (AvgIpc) is 3.17. The molecule has 1 saturated carbocycles. The maximum Gasteiger partial charge on any atom is 0.306 e. The average molecular weight is 276 g/mol. The number of esters is 1. The summed E-state index contributed by atoms with van der Waals surface area (Å²) in [5, 5.41) is 8.93. The van der Waals surface area contributed by atoms with E-state index in [1.807, 2.05) is 6.07 Å². The topological polar surface area (TPSA) is 76.1 Å². The predicted molar refractivity (Wildman–Crippen MR) is 74.6 cm³/mol. The number of carbonyl (C=O) groups excluding carboxylic acids is 1. The number of nitrogen functional groups attached to an aromatic ring is 1. The molecular formula is C14H16N2O2S. The quantitative estimate of drug-likeness (QED) is 0.508. The molecule has 0 aromatic heterocycles. The summed E-state index contributed by atoms with van der Waals surface area (Å²) in [6.45, 7) is 0. The number of hydrogen-bond donors (Lipinski definition) is 1. The molecule has 0 radical (unpaired) electrons. The summed E-state index contributed by atoms with van der Waals surface area (Å²) in [6.07, 6.45) is 2.61. The normalized spacial score (nSPS) is 15.6. The van der Waals surface area contributed by atoms with Gasteiger partial charge in [-0.25, -0.2) is 0 Å². The lowest BCUT2D eigenvalue weighted by atomic mass is 10.1. The van der Waals surface area contributed by atoms with E-state index < -0.39 is 0 Å². The van der Waals surface area contributed by atoms with Gasteiger partial charge < -0.3 is 10.5 Å². The van der Waals surface area contributed by atoms with Crippen LogP contribution in [0.4, 0.5) is 5.69 Å². The Labute approximate surface area is 116 Å². The number of anilines is 1. The summed E-state index contributed by atoms with van der Waals surface area (Å²) in [6, 6.07) is 7.54. The lowest BCUT2D eigenvalue weighted by Crippen LogP contribution is -2.12. The number of nitrogens with zero attached hydrogens (tertiary/aromatic N) is 1. The van der Waals surface area contributed by atoms with Crippen molar-refractivity contribution in [2.75, 3.05) is 18.6 Å². The Morgan fingerprint density at radius 2 is 2.32 bits per heavy atom. The second-order valence-corrected chi connectivity index (χ2v) is 5.95. The Balaban J connectivity index is 1.96. The van der Waals surface area contributed by atoms with Crippen molar-refractivity contribution in [3.63, 3.8) is 0 Å². The molecule has 0 unspecified atom stereocenters. The highest BCUT2D eigenvalue weighted by Crippen LogP contribution is 2.52. The minimum Gasteiger partial charge on any atom is -0.469 e. The van der Waals surface area contributed by atoms with Crippen LogP contribution in [0.25, 0.3) is 0 Å². The first-order chi connectivity index (χ1) is 9.08. The standard InChI is InChI=1S/C14H16N2O2S/c1-18-13(17)7-14(4-5-14)9-19-11-2-3-12(16)10(6-11)8-15/h2-3,6H,4-5,7,9,16H2,1H3. The lowest BCUT2D eigenvalue weighted by Gasteiger charge is -2.13. The first-order valence-corrected chi connectivity index (χ1v) is 7.06. The minimum absolute atomic E-state index is 0.0892. The lowest BCUT2D eigenvalue weighted by molar-refractivity contribution is -0.141. The van der Waals surface area contributed by atoms with Crippen molar-refractivity contribution in [2.24, 2.45) is 5.41 Å². The Hall–Kier alpha value is -1.67. The van der Waals surface area contributed by atoms with E-state index in [2.05, 4.69) is 6.07 Å². The van der Waals surface area contributed by atoms with E-state index in [4.69, 9.17) is 15.7 Å². The Bertz CT molecular complexity index is 533. The van der Waals surface area contributed by atoms with Crippen LogP contribution in [-0.4, -0.2) is 18.8 Å². The van der Waals surface area contributed by atoms with Gasteiger partial charge in [0.15, 0.2) is 0 Å². The summed E-state index contributed by atoms with van der Waals surface area (Å²) in [5.41, 5.74) is 6.78. The van der Waals surface area contributed by atoms with Gasteiger partial charge in [0.2, 0.25) is 0 Å². The van der Waals surface area contributed by atoms with Gasteiger partial charge in [-0.05, 0) is 36.5 Å². The van der Waals surface area contributed by atoms with Crippen molar-refractivity contribution >= 4 is 23.4 Å². The third-order valence-electron chi connectivity index (χ3n) is 3.39. The highest BCUT2D eigenvalue weighted by atomic mass is 32.2. The highest BCUT2D eigenvalue weighted by Gasteiger charge is 2.44. The maximum atomic E-state index is 11.3. The zero-order valence-corrected chi connectivity index (χ0v) is 11.6. The van der Waals surface area contributed by atoms with Crippen LogP contribution in [0, 0.1) is 16.7 Å². The summed E-state index contributed by atoms with van der Waals surface area (Å²) in [5.74, 6) is 0.727. The van der Waals surface area contributed by atoms with Crippen molar-refractivity contribution in [2.45, 2.75) is 24.2 Å². The van der Waals surface area contributed by atoms with Crippen LogP contribution in [0.5, 0.6) is 0 Å². The maximum absolute atomic E-state index is 11.3. The molecule has 0 atom stereocenters. The van der Waals surface area contributed by atoms with Gasteiger partial charge in [-0.2, -0.15) is 5.26 Å². The van der Waals surface area contributed by atoms with E-state index in [1.165, 1.54) is 7.11 Å². The van der Waals surface area contributed by atoms with Crippen molar-refractivity contribution < 1.29 is 9.53 Å². The molecule has 0 spiro atoms. The van der Waals surface area contributed by atoms with Crippen molar-refractivity contribution in [1.82, 2.24) is 0 Å². The molecule has 4 nitrogen and oxygen atoms in total. The summed E-state index contributed by atoms with van der Waals surface area (Å²) >= 11 is 1.67. The minimum atomic E-state index is -0.145. The third-order valence-corrected chi connectivity index (χ3v) is 4.74. The van der Waals surface area contributed by atoms with Crippen LogP contribution in [0.15, 0.2) is 23.1 Å². The fourth-order valence-electron chi connectivity index (χ4n) is 1.89. The van der Waals surface area contributed by atoms with Crippen molar-refractivity contribution in [3.8, 4) is 6.07 Å². The molecule has 1 aromatic carbocycles. The molecule has 1 fully saturated rings. The molecule has 2 N–H and O–H groups in total. The van der Waals surface area contributed by atoms with Crippen LogP contribution in [0.3, 0.4) is 0 Å². The van der Waals surface area contributed by atoms with Crippen LogP contribution in [0.1, 0.15) is 24.8 Å². The van der Waals surface area contributed by atoms with Gasteiger partial charge in [0.05, 0.1) is 19.1 Å². The van der Waals surface area contributed by atoms with E-state index in [1.54, 1.807) is 23.9 Å². The van der Waals surface area contributed by atoms with Crippen LogP contribution in [-0.2, 0) is 9.53 Å². The van der Waals surface area contributed by atoms with Crippen LogP contribution in [0.2, 0.25) is 0 Å². The molecule has 0 aliphatic heterocycles. The zero-order chi connectivity index (χ0) is 13.9.